The fraction of sp³-hybridized carbons (Fsp3) is 0.826. The maximum Gasteiger partial charge on any atom is 0.304 e. The molecule has 0 radical (unpaired) electrons. The summed E-state index contributed by atoms with van der Waals surface area (Å²) in [4.78, 5) is 23.3. The lowest BCUT2D eigenvalue weighted by Crippen LogP contribution is -2.46. The Bertz CT molecular complexity index is 674. The van der Waals surface area contributed by atoms with Crippen LogP contribution in [0.4, 0.5) is 0 Å². The molecule has 5 heteroatoms. The van der Waals surface area contributed by atoms with Gasteiger partial charge in [0.1, 0.15) is 0 Å². The number of allylic oxidation sites excluding steroid dienone is 2. The highest BCUT2D eigenvalue weighted by Crippen LogP contribution is 2.58. The van der Waals surface area contributed by atoms with Gasteiger partial charge in [-0.2, -0.15) is 0 Å². The van der Waals surface area contributed by atoms with Crippen molar-refractivity contribution in [2.24, 2.45) is 28.6 Å². The lowest BCUT2D eigenvalue weighted by Gasteiger charge is -2.48. The van der Waals surface area contributed by atoms with Gasteiger partial charge in [-0.3, -0.25) is 9.59 Å². The summed E-state index contributed by atoms with van der Waals surface area (Å²) in [5.74, 6) is -0.275. The van der Waals surface area contributed by atoms with Crippen LogP contribution in [0.1, 0.15) is 80.6 Å². The third kappa shape index (κ3) is 3.74. The third-order valence-electron chi connectivity index (χ3n) is 7.53. The number of esters is 2. The molecule has 1 heterocycles. The van der Waals surface area contributed by atoms with Crippen LogP contribution in [-0.4, -0.2) is 24.5 Å². The van der Waals surface area contributed by atoms with Crippen molar-refractivity contribution in [3.63, 3.8) is 0 Å². The number of ether oxygens (including phenoxy) is 3. The number of fused-ring (bicyclic) bond motifs is 1. The Balaban J connectivity index is 1.94. The number of hydrogen-bond donors (Lipinski definition) is 0. The Hall–Kier alpha value is -1.36. The van der Waals surface area contributed by atoms with Gasteiger partial charge in [-0.15, -0.1) is 0 Å². The van der Waals surface area contributed by atoms with Crippen molar-refractivity contribution in [3.05, 3.63) is 11.1 Å². The molecule has 28 heavy (non-hydrogen) atoms. The first-order valence-electron chi connectivity index (χ1n) is 10.6. The molecule has 0 bridgehead atoms. The highest BCUT2D eigenvalue weighted by atomic mass is 16.8. The summed E-state index contributed by atoms with van der Waals surface area (Å²) in [6.45, 7) is 14.3. The lowest BCUT2D eigenvalue weighted by molar-refractivity contribution is -0.217. The Labute approximate surface area is 169 Å². The molecule has 0 N–H and O–H groups in total. The molecule has 2 aliphatic carbocycles. The lowest BCUT2D eigenvalue weighted by atomic mass is 9.56. The smallest absolute Gasteiger partial charge is 0.304 e. The van der Waals surface area contributed by atoms with Crippen molar-refractivity contribution in [1.29, 1.82) is 0 Å². The SMILES string of the molecule is CC(=O)O[C@@H]1O[C@H](OC(C)=O)[C@@H]2[C@H]1CC[C@H](/C(C)=C1/CCCC1(C)C)C2(C)C. The van der Waals surface area contributed by atoms with Gasteiger partial charge in [0, 0.05) is 25.7 Å². The molecule has 0 aromatic carbocycles. The minimum atomic E-state index is -0.668. The third-order valence-corrected chi connectivity index (χ3v) is 7.53. The zero-order valence-electron chi connectivity index (χ0n) is 18.5. The summed E-state index contributed by atoms with van der Waals surface area (Å²) in [6.07, 6.45) is 4.31. The van der Waals surface area contributed by atoms with E-state index in [1.807, 2.05) is 0 Å². The van der Waals surface area contributed by atoms with Gasteiger partial charge >= 0.3 is 11.9 Å². The highest BCUT2D eigenvalue weighted by Gasteiger charge is 2.59. The minimum absolute atomic E-state index is 0.000402. The van der Waals surface area contributed by atoms with Crippen LogP contribution in [-0.2, 0) is 23.8 Å². The second kappa shape index (κ2) is 7.47. The fourth-order valence-corrected chi connectivity index (χ4v) is 6.33. The summed E-state index contributed by atoms with van der Waals surface area (Å²) >= 11 is 0. The molecular formula is C23H36O5. The first-order valence-corrected chi connectivity index (χ1v) is 10.6. The van der Waals surface area contributed by atoms with E-state index < -0.39 is 12.6 Å². The summed E-state index contributed by atoms with van der Waals surface area (Å²) in [6, 6.07) is 0. The summed E-state index contributed by atoms with van der Waals surface area (Å²) in [5.41, 5.74) is 3.24. The molecule has 1 saturated heterocycles. The summed E-state index contributed by atoms with van der Waals surface area (Å²) in [5, 5.41) is 0. The molecule has 0 aromatic rings. The first kappa shape index (κ1) is 21.4. The molecule has 3 fully saturated rings. The predicted molar refractivity (Wildman–Crippen MR) is 106 cm³/mol. The minimum Gasteiger partial charge on any atom is -0.435 e. The average Bonchev–Trinajstić information content (AvgIpc) is 3.06. The van der Waals surface area contributed by atoms with Gasteiger partial charge < -0.3 is 14.2 Å². The van der Waals surface area contributed by atoms with Crippen LogP contribution < -0.4 is 0 Å². The summed E-state index contributed by atoms with van der Waals surface area (Å²) in [7, 11) is 0. The Kier molecular flexibility index (Phi) is 5.70. The van der Waals surface area contributed by atoms with Crippen molar-refractivity contribution in [1.82, 2.24) is 0 Å². The molecule has 5 atom stereocenters. The van der Waals surface area contributed by atoms with E-state index >= 15 is 0 Å². The maximum atomic E-state index is 11.7. The topological polar surface area (TPSA) is 61.8 Å². The monoisotopic (exact) mass is 392 g/mol. The second-order valence-electron chi connectivity index (χ2n) is 10.1. The number of hydrogen-bond acceptors (Lipinski definition) is 5. The first-order chi connectivity index (χ1) is 12.9. The molecule has 5 nitrogen and oxygen atoms in total. The maximum absolute atomic E-state index is 11.7. The zero-order chi connectivity index (χ0) is 20.9. The van der Waals surface area contributed by atoms with Crippen molar-refractivity contribution >= 4 is 11.9 Å². The van der Waals surface area contributed by atoms with Gasteiger partial charge in [0.2, 0.25) is 12.6 Å². The predicted octanol–water partition coefficient (Wildman–Crippen LogP) is 4.99. The van der Waals surface area contributed by atoms with E-state index in [9.17, 15) is 9.59 Å². The molecule has 0 amide bonds. The van der Waals surface area contributed by atoms with Gasteiger partial charge in [0.25, 0.3) is 0 Å². The standard InChI is InChI=1S/C23H36O5/c1-13(17-9-8-12-22(17,4)5)18-11-10-16-19(23(18,6)7)21(27-15(3)25)28-20(16)26-14(2)24/h16,18-21H,8-12H2,1-7H3/b17-13-/t16-,18-,19+,20-,21+/m1/s1. The summed E-state index contributed by atoms with van der Waals surface area (Å²) < 4.78 is 17.0. The van der Waals surface area contributed by atoms with E-state index in [2.05, 4.69) is 34.6 Å². The van der Waals surface area contributed by atoms with Crippen LogP contribution in [0.15, 0.2) is 11.1 Å². The van der Waals surface area contributed by atoms with Crippen molar-refractivity contribution in [2.75, 3.05) is 0 Å². The molecule has 0 aromatic heterocycles. The molecular weight excluding hydrogens is 356 g/mol. The van der Waals surface area contributed by atoms with Gasteiger partial charge in [0.15, 0.2) is 0 Å². The van der Waals surface area contributed by atoms with E-state index in [0.717, 1.165) is 12.8 Å². The number of carbonyl (C=O) groups excluding carboxylic acids is 2. The van der Waals surface area contributed by atoms with Crippen molar-refractivity contribution in [3.8, 4) is 0 Å². The molecule has 0 spiro atoms. The highest BCUT2D eigenvalue weighted by molar-refractivity contribution is 5.66. The van der Waals surface area contributed by atoms with Crippen molar-refractivity contribution < 1.29 is 23.8 Å². The van der Waals surface area contributed by atoms with Gasteiger partial charge in [-0.1, -0.05) is 38.8 Å². The molecule has 2 saturated carbocycles. The van der Waals surface area contributed by atoms with Gasteiger partial charge in [-0.25, -0.2) is 0 Å². The van der Waals surface area contributed by atoms with Gasteiger partial charge in [-0.05, 0) is 55.8 Å². The molecule has 1 aliphatic heterocycles. The van der Waals surface area contributed by atoms with Crippen LogP contribution in [0.25, 0.3) is 0 Å². The molecule has 3 rings (SSSR count). The normalized spacial score (nSPS) is 37.9. The van der Waals surface area contributed by atoms with E-state index in [-0.39, 0.29) is 34.6 Å². The van der Waals surface area contributed by atoms with Crippen LogP contribution in [0.5, 0.6) is 0 Å². The van der Waals surface area contributed by atoms with Crippen molar-refractivity contribution in [2.45, 2.75) is 93.2 Å². The number of rotatable bonds is 3. The quantitative estimate of drug-likeness (QED) is 0.500. The Morgan fingerprint density at radius 2 is 1.57 bits per heavy atom. The van der Waals surface area contributed by atoms with E-state index in [1.165, 1.54) is 38.7 Å². The molecule has 158 valence electrons. The Morgan fingerprint density at radius 3 is 2.11 bits per heavy atom. The molecule has 3 aliphatic rings. The molecule has 0 unspecified atom stereocenters. The van der Waals surface area contributed by atoms with Crippen LogP contribution in [0.2, 0.25) is 0 Å². The average molecular weight is 393 g/mol. The second-order valence-corrected chi connectivity index (χ2v) is 10.1. The van der Waals surface area contributed by atoms with E-state index in [4.69, 9.17) is 14.2 Å². The fourth-order valence-electron chi connectivity index (χ4n) is 6.33. The number of carbonyl (C=O) groups is 2. The van der Waals surface area contributed by atoms with E-state index in [1.54, 1.807) is 5.57 Å². The van der Waals surface area contributed by atoms with Crippen LogP contribution in [0, 0.1) is 28.6 Å². The largest absolute Gasteiger partial charge is 0.435 e. The van der Waals surface area contributed by atoms with Crippen LogP contribution >= 0.6 is 0 Å². The zero-order valence-corrected chi connectivity index (χ0v) is 18.5. The van der Waals surface area contributed by atoms with Crippen LogP contribution in [0.3, 0.4) is 0 Å². The van der Waals surface area contributed by atoms with E-state index in [0.29, 0.717) is 5.92 Å². The van der Waals surface area contributed by atoms with Gasteiger partial charge in [0.05, 0.1) is 0 Å². The Morgan fingerprint density at radius 1 is 0.964 bits per heavy atom.